The first-order valence-electron chi connectivity index (χ1n) is 11.0. The molecule has 2 radical (unpaired) electrons. The Bertz CT molecular complexity index is 1010. The van der Waals surface area contributed by atoms with Gasteiger partial charge in [0.1, 0.15) is 11.5 Å². The van der Waals surface area contributed by atoms with E-state index in [-0.39, 0.29) is 32.4 Å². The minimum atomic E-state index is -0.107. The number of benzene rings is 2. The lowest BCUT2D eigenvalue weighted by atomic mass is 10.0. The maximum Gasteiger partial charge on any atom is 0.246 e. The van der Waals surface area contributed by atoms with Crippen LogP contribution in [0.1, 0.15) is 52.5 Å². The molecule has 1 N–H and O–H groups in total. The molecular formula is C25H29NO6Si. The molecule has 0 saturated carbocycles. The number of hydrogen-bond acceptors (Lipinski definition) is 6. The Balaban J connectivity index is 1.79. The Labute approximate surface area is 196 Å². The van der Waals surface area contributed by atoms with Gasteiger partial charge < -0.3 is 23.9 Å². The molecule has 1 atom stereocenters. The van der Waals surface area contributed by atoms with Gasteiger partial charge in [0.05, 0.1) is 25.9 Å². The first kappa shape index (κ1) is 24.4. The zero-order valence-corrected chi connectivity index (χ0v) is 20.0. The molecule has 1 amide bonds. The van der Waals surface area contributed by atoms with Gasteiger partial charge in [-0.25, -0.2) is 0 Å². The van der Waals surface area contributed by atoms with Crippen molar-refractivity contribution in [1.82, 2.24) is 4.57 Å². The summed E-state index contributed by atoms with van der Waals surface area (Å²) in [7, 11) is 1.79. The monoisotopic (exact) mass is 467 g/mol. The number of aldehydes is 1. The summed E-state index contributed by atoms with van der Waals surface area (Å²) in [6.07, 6.45) is 5.02. The van der Waals surface area contributed by atoms with Crippen molar-refractivity contribution in [2.75, 3.05) is 26.9 Å². The Morgan fingerprint density at radius 3 is 2.73 bits per heavy atom. The second kappa shape index (κ2) is 11.6. The highest BCUT2D eigenvalue weighted by molar-refractivity contribution is 6.40. The molecule has 7 nitrogen and oxygen atoms in total. The normalized spacial score (nSPS) is 15.9. The van der Waals surface area contributed by atoms with Crippen LogP contribution in [-0.4, -0.2) is 58.4 Å². The molecule has 1 aliphatic rings. The van der Waals surface area contributed by atoms with Gasteiger partial charge in [-0.05, 0) is 44.0 Å². The highest BCUT2D eigenvalue weighted by Crippen LogP contribution is 2.36. The highest BCUT2D eigenvalue weighted by Gasteiger charge is 2.28. The summed E-state index contributed by atoms with van der Waals surface area (Å²) in [5.74, 6) is 1.24. The van der Waals surface area contributed by atoms with Crippen molar-refractivity contribution in [3.63, 3.8) is 0 Å². The fourth-order valence-electron chi connectivity index (χ4n) is 3.83. The molecule has 0 aromatic heterocycles. The van der Waals surface area contributed by atoms with Crippen molar-refractivity contribution in [2.24, 2.45) is 0 Å². The van der Waals surface area contributed by atoms with Gasteiger partial charge in [-0.2, -0.15) is 0 Å². The van der Waals surface area contributed by atoms with Crippen molar-refractivity contribution >= 4 is 28.0 Å². The Morgan fingerprint density at radius 2 is 2.03 bits per heavy atom. The number of amides is 1. The van der Waals surface area contributed by atoms with E-state index in [1.54, 1.807) is 37.5 Å². The van der Waals surface area contributed by atoms with E-state index in [1.807, 2.05) is 11.5 Å². The Kier molecular flexibility index (Phi) is 8.54. The molecule has 1 heterocycles. The number of hydrogen-bond donors (Lipinski definition) is 1. The van der Waals surface area contributed by atoms with Gasteiger partial charge in [0.15, 0.2) is 27.5 Å². The molecule has 33 heavy (non-hydrogen) atoms. The molecular weight excluding hydrogens is 438 g/mol. The number of phenolic OH excluding ortho intramolecular Hbond substituents is 1. The van der Waals surface area contributed by atoms with Crippen molar-refractivity contribution < 1.29 is 28.9 Å². The molecule has 2 aromatic rings. The molecule has 2 aromatic carbocycles. The molecule has 8 heteroatoms. The maximum atomic E-state index is 13.5. The van der Waals surface area contributed by atoms with Crippen LogP contribution < -0.4 is 14.2 Å². The van der Waals surface area contributed by atoms with Gasteiger partial charge >= 0.3 is 0 Å². The zero-order valence-electron chi connectivity index (χ0n) is 19.0. The molecule has 1 saturated heterocycles. The minimum absolute atomic E-state index is 0.0790. The van der Waals surface area contributed by atoms with E-state index in [2.05, 4.69) is 6.58 Å². The number of rotatable bonds is 9. The molecule has 1 fully saturated rings. The van der Waals surface area contributed by atoms with Crippen LogP contribution in [0.25, 0.3) is 6.08 Å². The Hall–Kier alpha value is -3.26. The molecule has 3 rings (SSSR count). The largest absolute Gasteiger partial charge is 0.507 e. The standard InChI is InChI=1S/C25H29NO6Si/c1-4-18-19(12-13-23(30-3)24(18)31-5-2)25(29)26-14-7-6-9-17(33-26)16-32-22-11-8-10-21(28)20(22)15-27/h4,8,10-13,15,17,28H,1,5-7,9,14,16H2,2-3H3/t17-/m0/s1. The average molecular weight is 468 g/mol. The van der Waals surface area contributed by atoms with Crippen LogP contribution >= 0.6 is 0 Å². The van der Waals surface area contributed by atoms with E-state index in [1.165, 1.54) is 6.07 Å². The fraction of sp³-hybridized carbons (Fsp3) is 0.360. The van der Waals surface area contributed by atoms with E-state index in [9.17, 15) is 14.7 Å². The molecule has 1 aliphatic heterocycles. The van der Waals surface area contributed by atoms with Gasteiger partial charge in [0.2, 0.25) is 5.91 Å². The summed E-state index contributed by atoms with van der Waals surface area (Å²) in [5, 5.41) is 9.87. The van der Waals surface area contributed by atoms with E-state index < -0.39 is 0 Å². The van der Waals surface area contributed by atoms with E-state index in [0.717, 1.165) is 19.3 Å². The van der Waals surface area contributed by atoms with Gasteiger partial charge in [0.25, 0.3) is 0 Å². The highest BCUT2D eigenvalue weighted by atomic mass is 28.2. The lowest BCUT2D eigenvalue weighted by Gasteiger charge is -2.25. The lowest BCUT2D eigenvalue weighted by molar-refractivity contribution is 0.0857. The fourth-order valence-corrected chi connectivity index (χ4v) is 5.28. The predicted octanol–water partition coefficient (Wildman–Crippen LogP) is 4.37. The summed E-state index contributed by atoms with van der Waals surface area (Å²) in [6.45, 7) is 7.22. The van der Waals surface area contributed by atoms with Crippen LogP contribution in [0.15, 0.2) is 36.9 Å². The van der Waals surface area contributed by atoms with Crippen LogP contribution in [0.4, 0.5) is 0 Å². The molecule has 0 bridgehead atoms. The Morgan fingerprint density at radius 1 is 1.21 bits per heavy atom. The van der Waals surface area contributed by atoms with Gasteiger partial charge in [-0.15, -0.1) is 0 Å². The lowest BCUT2D eigenvalue weighted by Crippen LogP contribution is -2.37. The second-order valence-corrected chi connectivity index (χ2v) is 9.21. The van der Waals surface area contributed by atoms with Gasteiger partial charge in [-0.1, -0.05) is 25.1 Å². The summed E-state index contributed by atoms with van der Waals surface area (Å²) in [5.41, 5.74) is 1.41. The van der Waals surface area contributed by atoms with E-state index in [4.69, 9.17) is 14.2 Å². The summed E-state index contributed by atoms with van der Waals surface area (Å²) in [6, 6.07) is 8.25. The maximum absolute atomic E-state index is 13.5. The smallest absolute Gasteiger partial charge is 0.246 e. The first-order valence-corrected chi connectivity index (χ1v) is 12.0. The SMILES string of the molecule is C=Cc1c(C(=O)N2CCCC[C@@H](COc3cccc(O)c3C=O)[Si]2)ccc(OC)c1OCC. The van der Waals surface area contributed by atoms with Gasteiger partial charge in [0, 0.05) is 23.2 Å². The third-order valence-electron chi connectivity index (χ3n) is 5.47. The van der Waals surface area contributed by atoms with Crippen molar-refractivity contribution in [1.29, 1.82) is 0 Å². The molecule has 0 unspecified atom stereocenters. The number of carbonyl (C=O) groups is 2. The third-order valence-corrected chi connectivity index (χ3v) is 7.03. The van der Waals surface area contributed by atoms with E-state index in [0.29, 0.717) is 54.4 Å². The minimum Gasteiger partial charge on any atom is -0.507 e. The quantitative estimate of drug-likeness (QED) is 0.435. The summed E-state index contributed by atoms with van der Waals surface area (Å²) < 4.78 is 18.9. The van der Waals surface area contributed by atoms with Crippen LogP contribution in [0.5, 0.6) is 23.0 Å². The van der Waals surface area contributed by atoms with Crippen LogP contribution in [0.3, 0.4) is 0 Å². The van der Waals surface area contributed by atoms with Crippen molar-refractivity contribution in [3.05, 3.63) is 53.6 Å². The number of carbonyl (C=O) groups excluding carboxylic acids is 2. The van der Waals surface area contributed by atoms with Crippen LogP contribution in [0.2, 0.25) is 5.54 Å². The summed E-state index contributed by atoms with van der Waals surface area (Å²) >= 11 is 0. The summed E-state index contributed by atoms with van der Waals surface area (Å²) in [4.78, 5) is 24.8. The molecule has 0 aliphatic carbocycles. The third kappa shape index (κ3) is 5.57. The zero-order chi connectivity index (χ0) is 23.8. The average Bonchev–Trinajstić information content (AvgIpc) is 3.08. The number of aromatic hydroxyl groups is 1. The predicted molar refractivity (Wildman–Crippen MR) is 128 cm³/mol. The number of nitrogens with zero attached hydrogens (tertiary/aromatic N) is 1. The number of ether oxygens (including phenoxy) is 3. The first-order chi connectivity index (χ1) is 16.0. The van der Waals surface area contributed by atoms with Gasteiger partial charge in [-0.3, -0.25) is 9.59 Å². The van der Waals surface area contributed by atoms with Crippen molar-refractivity contribution in [3.8, 4) is 23.0 Å². The van der Waals surface area contributed by atoms with Crippen LogP contribution in [-0.2, 0) is 0 Å². The number of methoxy groups -OCH3 is 1. The number of phenols is 1. The molecule has 0 spiro atoms. The van der Waals surface area contributed by atoms with E-state index >= 15 is 0 Å². The second-order valence-electron chi connectivity index (χ2n) is 7.59. The topological polar surface area (TPSA) is 85.3 Å². The van der Waals surface area contributed by atoms with Crippen molar-refractivity contribution in [2.45, 2.75) is 31.7 Å². The van der Waals surface area contributed by atoms with Crippen LogP contribution in [0, 0.1) is 0 Å². The molecule has 174 valence electrons.